The maximum atomic E-state index is 10.9. The highest BCUT2D eigenvalue weighted by atomic mass is 16.1. The van der Waals surface area contributed by atoms with E-state index in [1.165, 1.54) is 5.56 Å². The number of rotatable bonds is 2. The van der Waals surface area contributed by atoms with Gasteiger partial charge in [0.1, 0.15) is 6.29 Å². The van der Waals surface area contributed by atoms with E-state index in [1.54, 1.807) is 0 Å². The molecule has 0 saturated carbocycles. The monoisotopic (exact) mass is 235 g/mol. The van der Waals surface area contributed by atoms with Gasteiger partial charge in [0.2, 0.25) is 0 Å². The van der Waals surface area contributed by atoms with Crippen LogP contribution >= 0.6 is 0 Å². The summed E-state index contributed by atoms with van der Waals surface area (Å²) in [5.41, 5.74) is 4.11. The first-order chi connectivity index (χ1) is 8.78. The second-order valence-corrected chi connectivity index (χ2v) is 4.46. The van der Waals surface area contributed by atoms with Crippen LogP contribution in [0.3, 0.4) is 0 Å². The quantitative estimate of drug-likeness (QED) is 0.620. The van der Waals surface area contributed by atoms with Crippen molar-refractivity contribution in [2.75, 3.05) is 0 Å². The summed E-state index contributed by atoms with van der Waals surface area (Å²) in [6, 6.07) is 16.1. The number of carbonyl (C=O) groups excluding carboxylic acids is 1. The van der Waals surface area contributed by atoms with Gasteiger partial charge in [-0.25, -0.2) is 0 Å². The lowest BCUT2D eigenvalue weighted by Gasteiger charge is -2.06. The molecule has 0 atom stereocenters. The molecule has 3 aromatic rings. The highest BCUT2D eigenvalue weighted by Crippen LogP contribution is 2.21. The summed E-state index contributed by atoms with van der Waals surface area (Å²) >= 11 is 0. The Morgan fingerprint density at radius 3 is 2.50 bits per heavy atom. The number of hydrogen-bond donors (Lipinski definition) is 0. The minimum absolute atomic E-state index is 0.703. The molecule has 88 valence electrons. The Morgan fingerprint density at radius 1 is 1.00 bits per heavy atom. The van der Waals surface area contributed by atoms with Crippen LogP contribution in [-0.4, -0.2) is 10.9 Å². The lowest BCUT2D eigenvalue weighted by atomic mass is 10.2. The van der Waals surface area contributed by atoms with Gasteiger partial charge in [0.05, 0.1) is 5.52 Å². The molecule has 0 aliphatic heterocycles. The molecule has 0 radical (unpaired) electrons. The van der Waals surface area contributed by atoms with Crippen molar-refractivity contribution in [3.8, 4) is 5.69 Å². The average Bonchev–Trinajstić information content (AvgIpc) is 2.82. The molecule has 0 aliphatic carbocycles. The Hall–Kier alpha value is -2.35. The van der Waals surface area contributed by atoms with Crippen LogP contribution < -0.4 is 0 Å². The molecule has 0 saturated heterocycles. The van der Waals surface area contributed by atoms with Gasteiger partial charge < -0.3 is 4.57 Å². The van der Waals surface area contributed by atoms with E-state index in [4.69, 9.17) is 0 Å². The van der Waals surface area contributed by atoms with Crippen molar-refractivity contribution in [1.82, 2.24) is 4.57 Å². The Bertz CT molecular complexity index is 708. The molecule has 0 amide bonds. The van der Waals surface area contributed by atoms with Crippen LogP contribution in [0.1, 0.15) is 15.9 Å². The molecule has 2 heteroatoms. The largest absolute Gasteiger partial charge is 0.317 e. The summed E-state index contributed by atoms with van der Waals surface area (Å²) in [7, 11) is 0. The van der Waals surface area contributed by atoms with Crippen molar-refractivity contribution < 1.29 is 4.79 Å². The molecular formula is C16H13NO. The Kier molecular flexibility index (Phi) is 2.49. The number of aldehydes is 1. The van der Waals surface area contributed by atoms with Crippen LogP contribution in [0.5, 0.6) is 0 Å². The van der Waals surface area contributed by atoms with Crippen LogP contribution in [0.4, 0.5) is 0 Å². The van der Waals surface area contributed by atoms with Gasteiger partial charge in [0.25, 0.3) is 0 Å². The first-order valence-electron chi connectivity index (χ1n) is 5.91. The fraction of sp³-hybridized carbons (Fsp3) is 0.0625. The highest BCUT2D eigenvalue weighted by Gasteiger charge is 2.03. The zero-order valence-electron chi connectivity index (χ0n) is 10.1. The van der Waals surface area contributed by atoms with Crippen LogP contribution in [0.2, 0.25) is 0 Å². The van der Waals surface area contributed by atoms with Crippen molar-refractivity contribution in [3.05, 3.63) is 65.9 Å². The van der Waals surface area contributed by atoms with Crippen molar-refractivity contribution >= 4 is 17.2 Å². The van der Waals surface area contributed by atoms with Gasteiger partial charge in [-0.1, -0.05) is 29.8 Å². The van der Waals surface area contributed by atoms with Gasteiger partial charge in [-0.3, -0.25) is 4.79 Å². The van der Waals surface area contributed by atoms with Gasteiger partial charge >= 0.3 is 0 Å². The molecular weight excluding hydrogens is 222 g/mol. The number of nitrogens with zero attached hydrogens (tertiary/aromatic N) is 1. The third kappa shape index (κ3) is 1.72. The first-order valence-corrected chi connectivity index (χ1v) is 5.91. The van der Waals surface area contributed by atoms with Crippen LogP contribution in [0, 0.1) is 6.92 Å². The Labute approximate surface area is 105 Å². The Balaban J connectivity index is 2.22. The average molecular weight is 235 g/mol. The van der Waals surface area contributed by atoms with Crippen molar-refractivity contribution in [3.63, 3.8) is 0 Å². The van der Waals surface area contributed by atoms with Gasteiger partial charge in [-0.2, -0.15) is 0 Å². The SMILES string of the molecule is Cc1ccc(-n2ccc3ccc(C=O)cc32)cc1. The lowest BCUT2D eigenvalue weighted by Crippen LogP contribution is -1.92. The van der Waals surface area contributed by atoms with E-state index in [2.05, 4.69) is 41.8 Å². The summed E-state index contributed by atoms with van der Waals surface area (Å²) < 4.78 is 2.10. The van der Waals surface area contributed by atoms with Crippen molar-refractivity contribution in [2.24, 2.45) is 0 Å². The molecule has 0 spiro atoms. The third-order valence-corrected chi connectivity index (χ3v) is 3.17. The zero-order valence-corrected chi connectivity index (χ0v) is 10.1. The lowest BCUT2D eigenvalue weighted by molar-refractivity contribution is 0.112. The predicted octanol–water partition coefficient (Wildman–Crippen LogP) is 3.75. The molecule has 0 N–H and O–H groups in total. The molecule has 3 rings (SSSR count). The molecule has 0 bridgehead atoms. The van der Waals surface area contributed by atoms with Crippen molar-refractivity contribution in [1.29, 1.82) is 0 Å². The maximum absolute atomic E-state index is 10.9. The van der Waals surface area contributed by atoms with Gasteiger partial charge in [0, 0.05) is 17.4 Å². The number of aromatic nitrogens is 1. The van der Waals surface area contributed by atoms with E-state index in [9.17, 15) is 4.79 Å². The number of hydrogen-bond acceptors (Lipinski definition) is 1. The van der Waals surface area contributed by atoms with E-state index in [0.717, 1.165) is 22.9 Å². The predicted molar refractivity (Wildman–Crippen MR) is 73.4 cm³/mol. The van der Waals surface area contributed by atoms with E-state index >= 15 is 0 Å². The van der Waals surface area contributed by atoms with Gasteiger partial charge in [0.15, 0.2) is 0 Å². The van der Waals surface area contributed by atoms with Crippen LogP contribution in [-0.2, 0) is 0 Å². The molecule has 0 unspecified atom stereocenters. The van der Waals surface area contributed by atoms with Gasteiger partial charge in [-0.05, 0) is 36.6 Å². The summed E-state index contributed by atoms with van der Waals surface area (Å²) in [5.74, 6) is 0. The molecule has 1 heterocycles. The summed E-state index contributed by atoms with van der Waals surface area (Å²) in [6.45, 7) is 2.07. The number of carbonyl (C=O) groups is 1. The molecule has 2 aromatic carbocycles. The minimum atomic E-state index is 0.703. The van der Waals surface area contributed by atoms with E-state index < -0.39 is 0 Å². The van der Waals surface area contributed by atoms with Crippen molar-refractivity contribution in [2.45, 2.75) is 6.92 Å². The summed E-state index contributed by atoms with van der Waals surface area (Å²) in [6.07, 6.45) is 2.91. The smallest absolute Gasteiger partial charge is 0.150 e. The fourth-order valence-electron chi connectivity index (χ4n) is 2.15. The second-order valence-electron chi connectivity index (χ2n) is 4.46. The topological polar surface area (TPSA) is 22.0 Å². The second kappa shape index (κ2) is 4.15. The molecule has 1 aromatic heterocycles. The van der Waals surface area contributed by atoms with Crippen LogP contribution in [0.15, 0.2) is 54.7 Å². The minimum Gasteiger partial charge on any atom is -0.317 e. The molecule has 18 heavy (non-hydrogen) atoms. The third-order valence-electron chi connectivity index (χ3n) is 3.17. The van der Waals surface area contributed by atoms with E-state index in [1.807, 2.05) is 24.4 Å². The normalized spacial score (nSPS) is 10.7. The summed E-state index contributed by atoms with van der Waals surface area (Å²) in [5, 5.41) is 1.14. The molecule has 0 fully saturated rings. The van der Waals surface area contributed by atoms with E-state index in [-0.39, 0.29) is 0 Å². The first kappa shape index (κ1) is 10.8. The standard InChI is InChI=1S/C16H13NO/c1-12-2-6-15(7-3-12)17-9-8-14-5-4-13(11-18)10-16(14)17/h2-11H,1H3. The van der Waals surface area contributed by atoms with Gasteiger partial charge in [-0.15, -0.1) is 0 Å². The Morgan fingerprint density at radius 2 is 1.78 bits per heavy atom. The van der Waals surface area contributed by atoms with E-state index in [0.29, 0.717) is 5.56 Å². The fourth-order valence-corrected chi connectivity index (χ4v) is 2.15. The molecule has 2 nitrogen and oxygen atoms in total. The summed E-state index contributed by atoms with van der Waals surface area (Å²) in [4.78, 5) is 10.9. The molecule has 0 aliphatic rings. The number of fused-ring (bicyclic) bond motifs is 1. The number of benzene rings is 2. The zero-order chi connectivity index (χ0) is 12.5. The maximum Gasteiger partial charge on any atom is 0.150 e. The highest BCUT2D eigenvalue weighted by molar-refractivity contribution is 5.88. The van der Waals surface area contributed by atoms with Crippen LogP contribution in [0.25, 0.3) is 16.6 Å². The number of aryl methyl sites for hydroxylation is 1.